The molecule has 2 nitrogen and oxygen atoms in total. The van der Waals surface area contributed by atoms with E-state index in [1.165, 1.54) is 0 Å². The minimum atomic E-state index is -0.848. The van der Waals surface area contributed by atoms with Crippen LogP contribution in [0, 0.1) is 0 Å². The summed E-state index contributed by atoms with van der Waals surface area (Å²) in [4.78, 5) is 10.9. The third-order valence-corrected chi connectivity index (χ3v) is 3.75. The zero-order valence-corrected chi connectivity index (χ0v) is 10.3. The second-order valence-electron chi connectivity index (χ2n) is 4.23. The summed E-state index contributed by atoms with van der Waals surface area (Å²) in [6.45, 7) is 6.50. The van der Waals surface area contributed by atoms with Crippen molar-refractivity contribution in [2.75, 3.05) is 0 Å². The number of carboxylic acids is 1. The second kappa shape index (κ2) is 5.15. The van der Waals surface area contributed by atoms with Crippen LogP contribution >= 0.6 is 0 Å². The molecule has 0 saturated heterocycles. The van der Waals surface area contributed by atoms with E-state index in [2.05, 4.69) is 20.8 Å². The average molecular weight is 220 g/mol. The van der Waals surface area contributed by atoms with Crippen LogP contribution in [0.15, 0.2) is 24.3 Å². The van der Waals surface area contributed by atoms with Crippen LogP contribution in [0.1, 0.15) is 56.0 Å². The fourth-order valence-electron chi connectivity index (χ4n) is 2.34. The van der Waals surface area contributed by atoms with Gasteiger partial charge in [-0.25, -0.2) is 4.79 Å². The quantitative estimate of drug-likeness (QED) is 0.818. The van der Waals surface area contributed by atoms with Gasteiger partial charge in [0.2, 0.25) is 0 Å². The molecule has 88 valence electrons. The van der Waals surface area contributed by atoms with E-state index in [1.54, 1.807) is 6.07 Å². The molecule has 0 saturated carbocycles. The predicted octanol–water partition coefficient (Wildman–Crippen LogP) is 3.85. The van der Waals surface area contributed by atoms with E-state index >= 15 is 0 Å². The molecule has 2 heteroatoms. The van der Waals surface area contributed by atoms with Gasteiger partial charge in [0, 0.05) is 0 Å². The highest BCUT2D eigenvalue weighted by Crippen LogP contribution is 2.35. The molecule has 0 unspecified atom stereocenters. The lowest BCUT2D eigenvalue weighted by molar-refractivity contribution is 0.0696. The van der Waals surface area contributed by atoms with Gasteiger partial charge >= 0.3 is 5.97 Å². The highest BCUT2D eigenvalue weighted by Gasteiger charge is 2.26. The SMILES string of the molecule is CCC(CC)(CC)c1cccc(C(=O)O)c1. The van der Waals surface area contributed by atoms with E-state index in [9.17, 15) is 4.79 Å². The molecule has 0 aliphatic rings. The van der Waals surface area contributed by atoms with E-state index in [0.29, 0.717) is 5.56 Å². The summed E-state index contributed by atoms with van der Waals surface area (Å²) in [5.74, 6) is -0.848. The van der Waals surface area contributed by atoms with Crippen LogP contribution in [0.5, 0.6) is 0 Å². The zero-order valence-electron chi connectivity index (χ0n) is 10.3. The molecule has 0 bridgehead atoms. The maximum atomic E-state index is 10.9. The van der Waals surface area contributed by atoms with E-state index in [4.69, 9.17) is 5.11 Å². The lowest BCUT2D eigenvalue weighted by Crippen LogP contribution is -2.23. The summed E-state index contributed by atoms with van der Waals surface area (Å²) in [5, 5.41) is 8.99. The lowest BCUT2D eigenvalue weighted by Gasteiger charge is -2.31. The summed E-state index contributed by atoms with van der Waals surface area (Å²) in [6, 6.07) is 7.36. The van der Waals surface area contributed by atoms with Crippen molar-refractivity contribution in [2.24, 2.45) is 0 Å². The number of aromatic carboxylic acids is 1. The monoisotopic (exact) mass is 220 g/mol. The van der Waals surface area contributed by atoms with Gasteiger partial charge in [-0.1, -0.05) is 32.9 Å². The number of hydrogen-bond acceptors (Lipinski definition) is 1. The molecule has 0 amide bonds. The van der Waals surface area contributed by atoms with Crippen LogP contribution in [0.2, 0.25) is 0 Å². The van der Waals surface area contributed by atoms with Crippen molar-refractivity contribution in [2.45, 2.75) is 45.4 Å². The van der Waals surface area contributed by atoms with Crippen LogP contribution in [0.4, 0.5) is 0 Å². The van der Waals surface area contributed by atoms with Crippen molar-refractivity contribution in [1.82, 2.24) is 0 Å². The van der Waals surface area contributed by atoms with Gasteiger partial charge in [0.25, 0.3) is 0 Å². The molecule has 0 aliphatic carbocycles. The van der Waals surface area contributed by atoms with Gasteiger partial charge in [-0.15, -0.1) is 0 Å². The van der Waals surface area contributed by atoms with Crippen molar-refractivity contribution in [3.8, 4) is 0 Å². The Hall–Kier alpha value is -1.31. The van der Waals surface area contributed by atoms with Crippen LogP contribution in [-0.4, -0.2) is 11.1 Å². The molecule has 16 heavy (non-hydrogen) atoms. The minimum absolute atomic E-state index is 0.130. The van der Waals surface area contributed by atoms with Gasteiger partial charge in [-0.3, -0.25) is 0 Å². The molecule has 0 aromatic heterocycles. The summed E-state index contributed by atoms with van der Waals surface area (Å²) in [7, 11) is 0. The zero-order chi connectivity index (χ0) is 12.2. The largest absolute Gasteiger partial charge is 0.478 e. The van der Waals surface area contributed by atoms with Crippen molar-refractivity contribution in [3.05, 3.63) is 35.4 Å². The molecular formula is C14H20O2. The Morgan fingerprint density at radius 1 is 1.19 bits per heavy atom. The Labute approximate surface area is 97.3 Å². The summed E-state index contributed by atoms with van der Waals surface area (Å²) < 4.78 is 0. The Morgan fingerprint density at radius 2 is 1.75 bits per heavy atom. The lowest BCUT2D eigenvalue weighted by atomic mass is 9.73. The highest BCUT2D eigenvalue weighted by atomic mass is 16.4. The van der Waals surface area contributed by atoms with E-state index in [-0.39, 0.29) is 5.41 Å². The number of rotatable bonds is 5. The maximum absolute atomic E-state index is 10.9. The van der Waals surface area contributed by atoms with Crippen molar-refractivity contribution >= 4 is 5.97 Å². The Kier molecular flexibility index (Phi) is 4.11. The summed E-state index contributed by atoms with van der Waals surface area (Å²) >= 11 is 0. The molecule has 1 rings (SSSR count). The van der Waals surface area contributed by atoms with Crippen LogP contribution < -0.4 is 0 Å². The van der Waals surface area contributed by atoms with Gasteiger partial charge < -0.3 is 5.11 Å². The van der Waals surface area contributed by atoms with Gasteiger partial charge in [-0.05, 0) is 42.4 Å². The molecule has 0 fully saturated rings. The first-order chi connectivity index (χ1) is 7.59. The maximum Gasteiger partial charge on any atom is 0.335 e. The van der Waals surface area contributed by atoms with E-state index in [1.807, 2.05) is 18.2 Å². The predicted molar refractivity (Wildman–Crippen MR) is 66.0 cm³/mol. The smallest absolute Gasteiger partial charge is 0.335 e. The summed E-state index contributed by atoms with van der Waals surface area (Å²) in [5.41, 5.74) is 1.67. The van der Waals surface area contributed by atoms with Crippen molar-refractivity contribution in [3.63, 3.8) is 0 Å². The number of carboxylic acid groups (broad SMARTS) is 1. The summed E-state index contributed by atoms with van der Waals surface area (Å²) in [6.07, 6.45) is 3.13. The third kappa shape index (κ3) is 2.26. The fourth-order valence-corrected chi connectivity index (χ4v) is 2.34. The molecule has 0 heterocycles. The van der Waals surface area contributed by atoms with Crippen molar-refractivity contribution in [1.29, 1.82) is 0 Å². The standard InChI is InChI=1S/C14H20O2/c1-4-14(5-2,6-3)12-9-7-8-11(10-12)13(15)16/h7-10H,4-6H2,1-3H3,(H,15,16). The van der Waals surface area contributed by atoms with Crippen LogP contribution in [0.3, 0.4) is 0 Å². The number of benzene rings is 1. The van der Waals surface area contributed by atoms with Gasteiger partial charge in [0.1, 0.15) is 0 Å². The van der Waals surface area contributed by atoms with Gasteiger partial charge in [-0.2, -0.15) is 0 Å². The molecule has 1 aromatic carbocycles. The molecule has 0 aliphatic heterocycles. The number of carbonyl (C=O) groups is 1. The van der Waals surface area contributed by atoms with Crippen LogP contribution in [0.25, 0.3) is 0 Å². The first-order valence-electron chi connectivity index (χ1n) is 5.93. The first-order valence-corrected chi connectivity index (χ1v) is 5.93. The molecular weight excluding hydrogens is 200 g/mol. The molecule has 1 N–H and O–H groups in total. The highest BCUT2D eigenvalue weighted by molar-refractivity contribution is 5.87. The third-order valence-electron chi connectivity index (χ3n) is 3.75. The van der Waals surface area contributed by atoms with Crippen molar-refractivity contribution < 1.29 is 9.90 Å². The minimum Gasteiger partial charge on any atom is -0.478 e. The van der Waals surface area contributed by atoms with E-state index < -0.39 is 5.97 Å². The fraction of sp³-hybridized carbons (Fsp3) is 0.500. The van der Waals surface area contributed by atoms with Gasteiger partial charge in [0.15, 0.2) is 0 Å². The number of hydrogen-bond donors (Lipinski definition) is 1. The normalized spacial score (nSPS) is 11.4. The Morgan fingerprint density at radius 3 is 2.19 bits per heavy atom. The Bertz CT molecular complexity index is 356. The molecule has 0 spiro atoms. The second-order valence-corrected chi connectivity index (χ2v) is 4.23. The Balaban J connectivity index is 3.20. The average Bonchev–Trinajstić information content (AvgIpc) is 2.32. The molecule has 0 atom stereocenters. The van der Waals surface area contributed by atoms with E-state index in [0.717, 1.165) is 24.8 Å². The molecule has 0 radical (unpaired) electrons. The first kappa shape index (κ1) is 12.8. The van der Waals surface area contributed by atoms with Gasteiger partial charge in [0.05, 0.1) is 5.56 Å². The molecule has 1 aromatic rings. The topological polar surface area (TPSA) is 37.3 Å². The van der Waals surface area contributed by atoms with Crippen LogP contribution in [-0.2, 0) is 5.41 Å².